The van der Waals surface area contributed by atoms with E-state index in [4.69, 9.17) is 21.1 Å². The van der Waals surface area contributed by atoms with Gasteiger partial charge in [-0.1, -0.05) is 11.6 Å². The number of aromatic nitrogens is 2. The van der Waals surface area contributed by atoms with Crippen LogP contribution < -0.4 is 4.74 Å². The number of piperidine rings is 1. The third-order valence-electron chi connectivity index (χ3n) is 5.16. The van der Waals surface area contributed by atoms with E-state index in [9.17, 15) is 4.79 Å². The van der Waals surface area contributed by atoms with Crippen molar-refractivity contribution in [1.29, 1.82) is 0 Å². The molecule has 1 spiro atoms. The zero-order valence-electron chi connectivity index (χ0n) is 14.7. The van der Waals surface area contributed by atoms with Crippen molar-refractivity contribution in [2.45, 2.75) is 31.0 Å². The van der Waals surface area contributed by atoms with Crippen LogP contribution in [0, 0.1) is 0 Å². The van der Waals surface area contributed by atoms with Crippen molar-refractivity contribution in [2.75, 3.05) is 19.7 Å². The summed E-state index contributed by atoms with van der Waals surface area (Å²) in [7, 11) is 1.79. The average Bonchev–Trinajstić information content (AvgIpc) is 3.23. The summed E-state index contributed by atoms with van der Waals surface area (Å²) < 4.78 is 13.8. The number of carbonyl (C=O) groups excluding carboxylic acids is 1. The van der Waals surface area contributed by atoms with Gasteiger partial charge in [0.25, 0.3) is 5.91 Å². The molecule has 2 saturated heterocycles. The second-order valence-corrected chi connectivity index (χ2v) is 7.50. The first-order valence-electron chi connectivity index (χ1n) is 8.88. The van der Waals surface area contributed by atoms with Gasteiger partial charge >= 0.3 is 0 Å². The lowest BCUT2D eigenvalue weighted by atomic mass is 9.89. The highest BCUT2D eigenvalue weighted by Crippen LogP contribution is 2.36. The summed E-state index contributed by atoms with van der Waals surface area (Å²) in [6, 6.07) is 9.12. The van der Waals surface area contributed by atoms with Gasteiger partial charge in [-0.25, -0.2) is 0 Å². The first-order chi connectivity index (χ1) is 12.5. The number of aryl methyl sites for hydroxylation is 1. The van der Waals surface area contributed by atoms with E-state index >= 15 is 0 Å². The summed E-state index contributed by atoms with van der Waals surface area (Å²) in [5.74, 6) is 0.799. The highest BCUT2D eigenvalue weighted by atomic mass is 35.5. The van der Waals surface area contributed by atoms with E-state index in [1.54, 1.807) is 24.0 Å². The zero-order valence-corrected chi connectivity index (χ0v) is 15.5. The molecule has 7 heteroatoms. The maximum absolute atomic E-state index is 12.8. The Labute approximate surface area is 157 Å². The molecule has 138 valence electrons. The topological polar surface area (TPSA) is 56.6 Å². The molecule has 4 rings (SSSR count). The molecule has 1 aromatic heterocycles. The molecular formula is C19H22ClN3O3. The van der Waals surface area contributed by atoms with Crippen LogP contribution in [-0.2, 0) is 11.8 Å². The molecule has 26 heavy (non-hydrogen) atoms. The normalized spacial score (nSPS) is 25.6. The van der Waals surface area contributed by atoms with Crippen LogP contribution in [0.5, 0.6) is 5.75 Å². The second kappa shape index (κ2) is 6.93. The molecule has 2 atom stereocenters. The molecular weight excluding hydrogens is 354 g/mol. The Hall–Kier alpha value is -2.05. The average molecular weight is 376 g/mol. The van der Waals surface area contributed by atoms with Gasteiger partial charge in [0.2, 0.25) is 0 Å². The van der Waals surface area contributed by atoms with Crippen molar-refractivity contribution < 1.29 is 14.3 Å². The number of benzene rings is 1. The van der Waals surface area contributed by atoms with Gasteiger partial charge in [-0.05, 0) is 43.2 Å². The quantitative estimate of drug-likeness (QED) is 0.827. The van der Waals surface area contributed by atoms with E-state index in [0.29, 0.717) is 23.9 Å². The summed E-state index contributed by atoms with van der Waals surface area (Å²) >= 11 is 5.92. The fourth-order valence-corrected chi connectivity index (χ4v) is 4.01. The predicted molar refractivity (Wildman–Crippen MR) is 97.5 cm³/mol. The molecule has 2 fully saturated rings. The van der Waals surface area contributed by atoms with Crippen LogP contribution in [0.3, 0.4) is 0 Å². The van der Waals surface area contributed by atoms with E-state index in [1.165, 1.54) is 0 Å². The number of hydrogen-bond donors (Lipinski definition) is 0. The van der Waals surface area contributed by atoms with Gasteiger partial charge in [-0.3, -0.25) is 9.48 Å². The number of rotatable bonds is 3. The maximum Gasteiger partial charge on any atom is 0.272 e. The minimum Gasteiger partial charge on any atom is -0.488 e. The Kier molecular flexibility index (Phi) is 4.63. The fourth-order valence-electron chi connectivity index (χ4n) is 3.89. The van der Waals surface area contributed by atoms with Gasteiger partial charge in [0.1, 0.15) is 17.5 Å². The highest BCUT2D eigenvalue weighted by molar-refractivity contribution is 6.30. The van der Waals surface area contributed by atoms with Gasteiger partial charge in [0, 0.05) is 31.2 Å². The maximum atomic E-state index is 12.8. The van der Waals surface area contributed by atoms with E-state index < -0.39 is 0 Å². The first kappa shape index (κ1) is 17.4. The number of halogens is 1. The van der Waals surface area contributed by atoms with Crippen molar-refractivity contribution in [3.05, 3.63) is 47.2 Å². The number of amides is 1. The largest absolute Gasteiger partial charge is 0.488 e. The summed E-state index contributed by atoms with van der Waals surface area (Å²) in [4.78, 5) is 14.7. The smallest absolute Gasteiger partial charge is 0.272 e. The number of carbonyl (C=O) groups is 1. The SMILES string of the molecule is Cn1nccc1C(=O)N1CCC[C@@]2(C[C@@H](Oc3ccc(Cl)cc3)CO2)C1. The van der Waals surface area contributed by atoms with Crippen molar-refractivity contribution in [1.82, 2.24) is 14.7 Å². The number of hydrogen-bond acceptors (Lipinski definition) is 4. The summed E-state index contributed by atoms with van der Waals surface area (Å²) in [6.45, 7) is 1.88. The molecule has 6 nitrogen and oxygen atoms in total. The van der Waals surface area contributed by atoms with Crippen molar-refractivity contribution >= 4 is 17.5 Å². The number of nitrogens with zero attached hydrogens (tertiary/aromatic N) is 3. The lowest BCUT2D eigenvalue weighted by Crippen LogP contribution is -2.50. The van der Waals surface area contributed by atoms with Gasteiger partial charge in [0.05, 0.1) is 18.8 Å². The van der Waals surface area contributed by atoms with E-state index in [-0.39, 0.29) is 17.6 Å². The van der Waals surface area contributed by atoms with Crippen molar-refractivity contribution in [3.63, 3.8) is 0 Å². The van der Waals surface area contributed by atoms with Crippen LogP contribution in [0.25, 0.3) is 0 Å². The predicted octanol–water partition coefficient (Wildman–Crippen LogP) is 2.92. The van der Waals surface area contributed by atoms with E-state index in [2.05, 4.69) is 5.10 Å². The van der Waals surface area contributed by atoms with Gasteiger partial charge in [0.15, 0.2) is 0 Å². The van der Waals surface area contributed by atoms with Crippen LogP contribution in [0.1, 0.15) is 29.8 Å². The summed E-state index contributed by atoms with van der Waals surface area (Å²) in [6.07, 6.45) is 4.29. The Morgan fingerprint density at radius 1 is 1.35 bits per heavy atom. The zero-order chi connectivity index (χ0) is 18.1. The van der Waals surface area contributed by atoms with Crippen molar-refractivity contribution in [3.8, 4) is 5.75 Å². The first-order valence-corrected chi connectivity index (χ1v) is 9.26. The molecule has 0 bridgehead atoms. The van der Waals surface area contributed by atoms with Gasteiger partial charge < -0.3 is 14.4 Å². The van der Waals surface area contributed by atoms with Gasteiger partial charge in [-0.15, -0.1) is 0 Å². The molecule has 3 heterocycles. The highest BCUT2D eigenvalue weighted by Gasteiger charge is 2.45. The minimum atomic E-state index is -0.316. The van der Waals surface area contributed by atoms with Crippen LogP contribution in [-0.4, -0.2) is 52.0 Å². The molecule has 0 radical (unpaired) electrons. The minimum absolute atomic E-state index is 0.00902. The lowest BCUT2D eigenvalue weighted by Gasteiger charge is -2.39. The molecule has 0 saturated carbocycles. The number of ether oxygens (including phenoxy) is 2. The Balaban J connectivity index is 1.41. The fraction of sp³-hybridized carbons (Fsp3) is 0.474. The molecule has 0 unspecified atom stereocenters. The Morgan fingerprint density at radius 3 is 2.88 bits per heavy atom. The second-order valence-electron chi connectivity index (χ2n) is 7.06. The molecule has 0 N–H and O–H groups in total. The van der Waals surface area contributed by atoms with Crippen LogP contribution in [0.15, 0.2) is 36.5 Å². The third kappa shape index (κ3) is 3.44. The number of likely N-dealkylation sites (tertiary alicyclic amines) is 1. The van der Waals surface area contributed by atoms with Gasteiger partial charge in [-0.2, -0.15) is 5.10 Å². The third-order valence-corrected chi connectivity index (χ3v) is 5.41. The van der Waals surface area contributed by atoms with E-state index in [0.717, 1.165) is 31.6 Å². The summed E-state index contributed by atoms with van der Waals surface area (Å²) in [5, 5.41) is 4.78. The Bertz CT molecular complexity index is 792. The molecule has 2 aromatic rings. The van der Waals surface area contributed by atoms with Crippen LogP contribution in [0.2, 0.25) is 5.02 Å². The molecule has 0 aliphatic carbocycles. The monoisotopic (exact) mass is 375 g/mol. The summed E-state index contributed by atoms with van der Waals surface area (Å²) in [5.41, 5.74) is 0.290. The molecule has 2 aliphatic rings. The van der Waals surface area contributed by atoms with E-state index in [1.807, 2.05) is 29.2 Å². The Morgan fingerprint density at radius 2 is 2.15 bits per heavy atom. The molecule has 1 aromatic carbocycles. The molecule has 2 aliphatic heterocycles. The lowest BCUT2D eigenvalue weighted by molar-refractivity contribution is -0.0455. The molecule has 1 amide bonds. The van der Waals surface area contributed by atoms with Crippen LogP contribution >= 0.6 is 11.6 Å². The standard InChI is InChI=1S/C19H22ClN3O3/c1-22-17(7-9-21-22)18(24)23-10-2-8-19(13-23)11-16(12-25-19)26-15-5-3-14(20)4-6-15/h3-7,9,16H,2,8,10-13H2,1H3/t16-,19-/m1/s1. The van der Waals surface area contributed by atoms with Crippen LogP contribution in [0.4, 0.5) is 0 Å². The van der Waals surface area contributed by atoms with Crippen molar-refractivity contribution in [2.24, 2.45) is 7.05 Å².